The molecular weight excluding hydrogens is 338 g/mol. The fourth-order valence-corrected chi connectivity index (χ4v) is 3.96. The van der Waals surface area contributed by atoms with Crippen molar-refractivity contribution in [2.24, 2.45) is 10.9 Å². The summed E-state index contributed by atoms with van der Waals surface area (Å²) in [6, 6.07) is 9.89. The summed E-state index contributed by atoms with van der Waals surface area (Å²) in [5.41, 5.74) is 1.76. The minimum absolute atomic E-state index is 0.240. The lowest BCUT2D eigenvalue weighted by molar-refractivity contribution is -0.135. The third kappa shape index (κ3) is 5.22. The molecule has 2 aliphatic rings. The molecule has 1 saturated carbocycles. The highest BCUT2D eigenvalue weighted by molar-refractivity contribution is 5.81. The molecule has 1 unspecified atom stereocenters. The molecule has 27 heavy (non-hydrogen) atoms. The predicted octanol–water partition coefficient (Wildman–Crippen LogP) is 2.40. The van der Waals surface area contributed by atoms with Gasteiger partial charge in [0.25, 0.3) is 0 Å². The zero-order valence-corrected chi connectivity index (χ0v) is 16.1. The molecule has 3 rings (SSSR count). The van der Waals surface area contributed by atoms with Gasteiger partial charge in [-0.3, -0.25) is 9.79 Å². The van der Waals surface area contributed by atoms with Crippen molar-refractivity contribution in [3.63, 3.8) is 0 Å². The molecule has 6 heteroatoms. The second-order valence-electron chi connectivity index (χ2n) is 7.48. The molecule has 1 aliphatic carbocycles. The van der Waals surface area contributed by atoms with E-state index >= 15 is 0 Å². The topological polar surface area (TPSA) is 80.5 Å². The molecule has 1 atom stereocenters. The number of nitriles is 1. The van der Waals surface area contributed by atoms with Gasteiger partial charge in [0.15, 0.2) is 5.96 Å². The number of carbonyl (C=O) groups is 1. The first-order valence-corrected chi connectivity index (χ1v) is 9.94. The Balaban J connectivity index is 1.45. The molecule has 0 radical (unpaired) electrons. The summed E-state index contributed by atoms with van der Waals surface area (Å²) in [6.45, 7) is 2.23. The van der Waals surface area contributed by atoms with E-state index in [1.54, 1.807) is 7.05 Å². The maximum Gasteiger partial charge on any atom is 0.225 e. The van der Waals surface area contributed by atoms with Crippen molar-refractivity contribution in [1.82, 2.24) is 15.5 Å². The molecule has 1 amide bonds. The Morgan fingerprint density at radius 2 is 1.96 bits per heavy atom. The number of hydrogen-bond acceptors (Lipinski definition) is 3. The number of nitrogens with one attached hydrogen (secondary N) is 2. The summed E-state index contributed by atoms with van der Waals surface area (Å²) < 4.78 is 0. The largest absolute Gasteiger partial charge is 0.352 e. The SMILES string of the molecule is CN=C(NCc1ccc(C#N)cc1)NC1CCN(C(=O)C2CCCCC2)C1. The number of benzene rings is 1. The van der Waals surface area contributed by atoms with Gasteiger partial charge in [0.05, 0.1) is 11.6 Å². The van der Waals surface area contributed by atoms with Gasteiger partial charge in [-0.15, -0.1) is 0 Å². The van der Waals surface area contributed by atoms with Crippen LogP contribution in [0.2, 0.25) is 0 Å². The molecule has 1 heterocycles. The van der Waals surface area contributed by atoms with Crippen molar-refractivity contribution in [2.45, 2.75) is 51.1 Å². The van der Waals surface area contributed by atoms with Gasteiger partial charge in [-0.1, -0.05) is 31.4 Å². The molecule has 1 aromatic carbocycles. The lowest BCUT2D eigenvalue weighted by atomic mass is 9.88. The normalized spacial score (nSPS) is 21.0. The number of likely N-dealkylation sites (tertiary alicyclic amines) is 1. The maximum atomic E-state index is 12.7. The summed E-state index contributed by atoms with van der Waals surface area (Å²) >= 11 is 0. The van der Waals surface area contributed by atoms with Crippen LogP contribution in [0.4, 0.5) is 0 Å². The van der Waals surface area contributed by atoms with Crippen molar-refractivity contribution in [2.75, 3.05) is 20.1 Å². The van der Waals surface area contributed by atoms with Crippen LogP contribution in [-0.4, -0.2) is 42.9 Å². The van der Waals surface area contributed by atoms with Crippen LogP contribution in [0.15, 0.2) is 29.3 Å². The van der Waals surface area contributed by atoms with Crippen molar-refractivity contribution in [3.05, 3.63) is 35.4 Å². The molecule has 0 bridgehead atoms. The third-order valence-electron chi connectivity index (χ3n) is 5.56. The standard InChI is InChI=1S/C21H29N5O/c1-23-21(24-14-17-9-7-16(13-22)8-10-17)25-19-11-12-26(15-19)20(27)18-5-3-2-4-6-18/h7-10,18-19H,2-6,11-12,14-15H2,1H3,(H2,23,24,25). The monoisotopic (exact) mass is 367 g/mol. The van der Waals surface area contributed by atoms with Crippen LogP contribution in [0.3, 0.4) is 0 Å². The van der Waals surface area contributed by atoms with Crippen LogP contribution in [0.25, 0.3) is 0 Å². The fourth-order valence-electron chi connectivity index (χ4n) is 3.96. The average Bonchev–Trinajstić information content (AvgIpc) is 3.20. The van der Waals surface area contributed by atoms with E-state index in [9.17, 15) is 4.79 Å². The molecule has 0 aromatic heterocycles. The Kier molecular flexibility index (Phi) is 6.69. The molecule has 1 aromatic rings. The number of hydrogen-bond donors (Lipinski definition) is 2. The Morgan fingerprint density at radius 1 is 1.22 bits per heavy atom. The Hall–Kier alpha value is -2.55. The summed E-state index contributed by atoms with van der Waals surface area (Å²) in [7, 11) is 1.76. The van der Waals surface area contributed by atoms with E-state index in [2.05, 4.69) is 21.7 Å². The fraction of sp³-hybridized carbons (Fsp3) is 0.571. The summed E-state index contributed by atoms with van der Waals surface area (Å²) in [4.78, 5) is 19.0. The van der Waals surface area contributed by atoms with E-state index < -0.39 is 0 Å². The van der Waals surface area contributed by atoms with Crippen molar-refractivity contribution < 1.29 is 4.79 Å². The minimum Gasteiger partial charge on any atom is -0.352 e. The highest BCUT2D eigenvalue weighted by atomic mass is 16.2. The van der Waals surface area contributed by atoms with E-state index in [4.69, 9.17) is 5.26 Å². The first kappa shape index (κ1) is 19.2. The van der Waals surface area contributed by atoms with E-state index in [-0.39, 0.29) is 12.0 Å². The van der Waals surface area contributed by atoms with Crippen LogP contribution < -0.4 is 10.6 Å². The summed E-state index contributed by atoms with van der Waals surface area (Å²) in [6.07, 6.45) is 6.73. The molecule has 1 aliphatic heterocycles. The van der Waals surface area contributed by atoms with E-state index in [0.717, 1.165) is 43.9 Å². The van der Waals surface area contributed by atoms with E-state index in [1.165, 1.54) is 19.3 Å². The number of aliphatic imine (C=N–C) groups is 1. The average molecular weight is 367 g/mol. The smallest absolute Gasteiger partial charge is 0.225 e. The molecular formula is C21H29N5O. The van der Waals surface area contributed by atoms with Crippen molar-refractivity contribution >= 4 is 11.9 Å². The Labute approximate surface area is 161 Å². The van der Waals surface area contributed by atoms with Crippen LogP contribution >= 0.6 is 0 Å². The second kappa shape index (κ2) is 9.40. The number of amides is 1. The van der Waals surface area contributed by atoms with Crippen molar-refractivity contribution in [3.8, 4) is 6.07 Å². The van der Waals surface area contributed by atoms with Crippen molar-refractivity contribution in [1.29, 1.82) is 5.26 Å². The van der Waals surface area contributed by atoms with Gasteiger partial charge >= 0.3 is 0 Å². The van der Waals surface area contributed by atoms with Crippen LogP contribution in [0.5, 0.6) is 0 Å². The van der Waals surface area contributed by atoms with Crippen LogP contribution in [0.1, 0.15) is 49.7 Å². The molecule has 6 nitrogen and oxygen atoms in total. The highest BCUT2D eigenvalue weighted by Gasteiger charge is 2.31. The Bertz CT molecular complexity index is 700. The zero-order chi connectivity index (χ0) is 19.1. The van der Waals surface area contributed by atoms with Gasteiger partial charge in [-0.25, -0.2) is 0 Å². The minimum atomic E-state index is 0.240. The molecule has 2 N–H and O–H groups in total. The quantitative estimate of drug-likeness (QED) is 0.633. The summed E-state index contributed by atoms with van der Waals surface area (Å²) in [5, 5.41) is 15.6. The highest BCUT2D eigenvalue weighted by Crippen LogP contribution is 2.26. The molecule has 144 valence electrons. The molecule has 2 fully saturated rings. The van der Waals surface area contributed by atoms with Gasteiger partial charge < -0.3 is 15.5 Å². The summed E-state index contributed by atoms with van der Waals surface area (Å²) in [5.74, 6) is 1.34. The van der Waals surface area contributed by atoms with Gasteiger partial charge in [0, 0.05) is 38.6 Å². The van der Waals surface area contributed by atoms with E-state index in [0.29, 0.717) is 18.0 Å². The molecule has 1 saturated heterocycles. The third-order valence-corrected chi connectivity index (χ3v) is 5.56. The first-order valence-electron chi connectivity index (χ1n) is 9.94. The van der Waals surface area contributed by atoms with Gasteiger partial charge in [0.1, 0.15) is 0 Å². The Morgan fingerprint density at radius 3 is 2.63 bits per heavy atom. The van der Waals surface area contributed by atoms with Gasteiger partial charge in [0.2, 0.25) is 5.91 Å². The predicted molar refractivity (Wildman–Crippen MR) is 106 cm³/mol. The lowest BCUT2D eigenvalue weighted by Crippen LogP contribution is -2.45. The number of rotatable bonds is 4. The van der Waals surface area contributed by atoms with Crippen LogP contribution in [0, 0.1) is 17.2 Å². The zero-order valence-electron chi connectivity index (χ0n) is 16.1. The first-order chi connectivity index (χ1) is 13.2. The van der Waals surface area contributed by atoms with E-state index in [1.807, 2.05) is 29.2 Å². The lowest BCUT2D eigenvalue weighted by Gasteiger charge is -2.26. The number of nitrogens with zero attached hydrogens (tertiary/aromatic N) is 3. The van der Waals surface area contributed by atoms with Gasteiger partial charge in [-0.2, -0.15) is 5.26 Å². The molecule has 0 spiro atoms. The number of guanidine groups is 1. The van der Waals surface area contributed by atoms with Gasteiger partial charge in [-0.05, 0) is 37.0 Å². The van der Waals surface area contributed by atoms with Crippen LogP contribution in [-0.2, 0) is 11.3 Å². The maximum absolute atomic E-state index is 12.7. The number of carbonyl (C=O) groups excluding carboxylic acids is 1. The second-order valence-corrected chi connectivity index (χ2v) is 7.48.